The van der Waals surface area contributed by atoms with Crippen LogP contribution in [-0.2, 0) is 4.74 Å². The maximum atomic E-state index is 12.5. The standard InChI is InChI=1S/C18H22N2O3S/c1-10(2)13-8-14(24-16(13)11(3)4)17(21)20-15-7-6-12(9-19-15)18(22)23-5/h6-11H,1-5H3,(H,19,20,21). The first-order valence-electron chi connectivity index (χ1n) is 7.82. The summed E-state index contributed by atoms with van der Waals surface area (Å²) >= 11 is 1.52. The molecule has 0 spiro atoms. The number of esters is 1. The van der Waals surface area contributed by atoms with Crippen LogP contribution in [-0.4, -0.2) is 24.0 Å². The Morgan fingerprint density at radius 2 is 1.88 bits per heavy atom. The summed E-state index contributed by atoms with van der Waals surface area (Å²) in [7, 11) is 1.31. The highest BCUT2D eigenvalue weighted by molar-refractivity contribution is 7.14. The number of thiophene rings is 1. The molecule has 5 nitrogen and oxygen atoms in total. The maximum Gasteiger partial charge on any atom is 0.339 e. The van der Waals surface area contributed by atoms with Crippen molar-refractivity contribution < 1.29 is 14.3 Å². The second kappa shape index (κ2) is 7.57. The van der Waals surface area contributed by atoms with Gasteiger partial charge in [-0.15, -0.1) is 11.3 Å². The fraction of sp³-hybridized carbons (Fsp3) is 0.389. The Morgan fingerprint density at radius 3 is 2.33 bits per heavy atom. The van der Waals surface area contributed by atoms with Gasteiger partial charge < -0.3 is 10.1 Å². The molecule has 0 radical (unpaired) electrons. The molecule has 0 aliphatic heterocycles. The number of amides is 1. The van der Waals surface area contributed by atoms with Gasteiger partial charge in [-0.3, -0.25) is 4.79 Å². The zero-order valence-corrected chi connectivity index (χ0v) is 15.4. The zero-order chi connectivity index (χ0) is 17.9. The van der Waals surface area contributed by atoms with Crippen LogP contribution in [0.1, 0.15) is 70.0 Å². The topological polar surface area (TPSA) is 68.3 Å². The lowest BCUT2D eigenvalue weighted by Gasteiger charge is -2.08. The van der Waals surface area contributed by atoms with Crippen molar-refractivity contribution >= 4 is 29.0 Å². The van der Waals surface area contributed by atoms with Crippen molar-refractivity contribution in [3.05, 3.63) is 45.3 Å². The lowest BCUT2D eigenvalue weighted by atomic mass is 9.99. The summed E-state index contributed by atoms with van der Waals surface area (Å²) < 4.78 is 4.62. The third-order valence-electron chi connectivity index (χ3n) is 3.59. The summed E-state index contributed by atoms with van der Waals surface area (Å²) in [5.41, 5.74) is 1.56. The van der Waals surface area contributed by atoms with Crippen LogP contribution in [0, 0.1) is 0 Å². The number of hydrogen-bond acceptors (Lipinski definition) is 5. The van der Waals surface area contributed by atoms with Crippen LogP contribution in [0.4, 0.5) is 5.82 Å². The number of carbonyl (C=O) groups excluding carboxylic acids is 2. The van der Waals surface area contributed by atoms with Crippen molar-refractivity contribution in [3.63, 3.8) is 0 Å². The first-order chi connectivity index (χ1) is 11.3. The lowest BCUT2D eigenvalue weighted by Crippen LogP contribution is -2.12. The molecule has 0 aliphatic carbocycles. The molecule has 24 heavy (non-hydrogen) atoms. The summed E-state index contributed by atoms with van der Waals surface area (Å²) in [6.07, 6.45) is 1.38. The highest BCUT2D eigenvalue weighted by Crippen LogP contribution is 2.34. The fourth-order valence-corrected chi connectivity index (χ4v) is 3.53. The Hall–Kier alpha value is -2.21. The fourth-order valence-electron chi connectivity index (χ4n) is 2.32. The summed E-state index contributed by atoms with van der Waals surface area (Å²) in [6, 6.07) is 5.12. The Balaban J connectivity index is 2.18. The Morgan fingerprint density at radius 1 is 1.17 bits per heavy atom. The van der Waals surface area contributed by atoms with Crippen LogP contribution in [0.3, 0.4) is 0 Å². The number of rotatable bonds is 5. The Labute approximate surface area is 146 Å². The predicted octanol–water partition coefficient (Wildman–Crippen LogP) is 4.43. The molecular weight excluding hydrogens is 324 g/mol. The number of ether oxygens (including phenoxy) is 1. The molecule has 2 aromatic heterocycles. The minimum absolute atomic E-state index is 0.188. The van der Waals surface area contributed by atoms with Gasteiger partial charge in [-0.1, -0.05) is 27.7 Å². The lowest BCUT2D eigenvalue weighted by molar-refractivity contribution is 0.0600. The molecule has 0 aromatic carbocycles. The van der Waals surface area contributed by atoms with Crippen molar-refractivity contribution in [2.24, 2.45) is 0 Å². The molecule has 0 aliphatic rings. The molecule has 0 fully saturated rings. The normalized spacial score (nSPS) is 11.0. The molecule has 0 saturated heterocycles. The number of anilines is 1. The van der Waals surface area contributed by atoms with Crippen molar-refractivity contribution in [2.45, 2.75) is 39.5 Å². The van der Waals surface area contributed by atoms with E-state index in [1.54, 1.807) is 12.1 Å². The summed E-state index contributed by atoms with van der Waals surface area (Å²) in [4.78, 5) is 29.8. The summed E-state index contributed by atoms with van der Waals surface area (Å²) in [5.74, 6) is 0.510. The average Bonchev–Trinajstić information content (AvgIpc) is 3.01. The quantitative estimate of drug-likeness (QED) is 0.813. The molecule has 2 heterocycles. The van der Waals surface area contributed by atoms with E-state index in [2.05, 4.69) is 42.7 Å². The maximum absolute atomic E-state index is 12.5. The number of carbonyl (C=O) groups is 2. The van der Waals surface area contributed by atoms with Gasteiger partial charge in [0.25, 0.3) is 5.91 Å². The van der Waals surface area contributed by atoms with Crippen LogP contribution in [0.5, 0.6) is 0 Å². The second-order valence-electron chi connectivity index (χ2n) is 6.12. The van der Waals surface area contributed by atoms with Gasteiger partial charge in [-0.05, 0) is 35.6 Å². The number of nitrogens with zero attached hydrogens (tertiary/aromatic N) is 1. The van der Waals surface area contributed by atoms with Crippen LogP contribution in [0.15, 0.2) is 24.4 Å². The van der Waals surface area contributed by atoms with Gasteiger partial charge in [0, 0.05) is 11.1 Å². The van der Waals surface area contributed by atoms with E-state index in [9.17, 15) is 9.59 Å². The van der Waals surface area contributed by atoms with E-state index in [1.165, 1.54) is 35.1 Å². The van der Waals surface area contributed by atoms with E-state index >= 15 is 0 Å². The van der Waals surface area contributed by atoms with Crippen molar-refractivity contribution in [2.75, 3.05) is 12.4 Å². The van der Waals surface area contributed by atoms with Crippen LogP contribution < -0.4 is 5.32 Å². The van der Waals surface area contributed by atoms with Crippen LogP contribution in [0.2, 0.25) is 0 Å². The molecule has 0 unspecified atom stereocenters. The molecule has 0 saturated carbocycles. The predicted molar refractivity (Wildman–Crippen MR) is 96.0 cm³/mol. The molecule has 1 amide bonds. The van der Waals surface area contributed by atoms with Crippen LogP contribution >= 0.6 is 11.3 Å². The number of hydrogen-bond donors (Lipinski definition) is 1. The van der Waals surface area contributed by atoms with E-state index in [1.807, 2.05) is 6.07 Å². The first kappa shape index (κ1) is 18.1. The first-order valence-corrected chi connectivity index (χ1v) is 8.64. The molecule has 0 atom stereocenters. The molecule has 6 heteroatoms. The second-order valence-corrected chi connectivity index (χ2v) is 7.20. The number of nitrogens with one attached hydrogen (secondary N) is 1. The third-order valence-corrected chi connectivity index (χ3v) is 5.04. The Bertz CT molecular complexity index is 708. The van der Waals surface area contributed by atoms with Gasteiger partial charge in [-0.25, -0.2) is 9.78 Å². The van der Waals surface area contributed by atoms with Gasteiger partial charge in [0.2, 0.25) is 0 Å². The minimum atomic E-state index is -0.457. The molecule has 2 rings (SSSR count). The van der Waals surface area contributed by atoms with E-state index in [0.717, 1.165) is 0 Å². The zero-order valence-electron chi connectivity index (χ0n) is 14.5. The highest BCUT2D eigenvalue weighted by Gasteiger charge is 2.19. The van der Waals surface area contributed by atoms with Gasteiger partial charge in [0.1, 0.15) is 5.82 Å². The number of methoxy groups -OCH3 is 1. The smallest absolute Gasteiger partial charge is 0.339 e. The third kappa shape index (κ3) is 4.00. The monoisotopic (exact) mass is 346 g/mol. The van der Waals surface area contributed by atoms with Crippen molar-refractivity contribution in [1.82, 2.24) is 4.98 Å². The SMILES string of the molecule is COC(=O)c1ccc(NC(=O)c2cc(C(C)C)c(C(C)C)s2)nc1. The highest BCUT2D eigenvalue weighted by atomic mass is 32.1. The van der Waals surface area contributed by atoms with Crippen LogP contribution in [0.25, 0.3) is 0 Å². The van der Waals surface area contributed by atoms with E-state index in [4.69, 9.17) is 0 Å². The number of aromatic nitrogens is 1. The molecule has 128 valence electrons. The van der Waals surface area contributed by atoms with Gasteiger partial charge in [0.15, 0.2) is 0 Å². The van der Waals surface area contributed by atoms with Gasteiger partial charge in [-0.2, -0.15) is 0 Å². The summed E-state index contributed by atoms with van der Waals surface area (Å²) in [6.45, 7) is 8.52. The molecule has 0 bridgehead atoms. The molecule has 2 aromatic rings. The summed E-state index contributed by atoms with van der Waals surface area (Å²) in [5, 5.41) is 2.77. The number of pyridine rings is 1. The van der Waals surface area contributed by atoms with Crippen molar-refractivity contribution in [1.29, 1.82) is 0 Å². The van der Waals surface area contributed by atoms with Crippen molar-refractivity contribution in [3.8, 4) is 0 Å². The average molecular weight is 346 g/mol. The van der Waals surface area contributed by atoms with E-state index in [-0.39, 0.29) is 5.91 Å². The molecule has 1 N–H and O–H groups in total. The minimum Gasteiger partial charge on any atom is -0.465 e. The Kier molecular flexibility index (Phi) is 5.72. The van der Waals surface area contributed by atoms with Gasteiger partial charge in [0.05, 0.1) is 17.6 Å². The largest absolute Gasteiger partial charge is 0.465 e. The van der Waals surface area contributed by atoms with Gasteiger partial charge >= 0.3 is 5.97 Å². The van der Waals surface area contributed by atoms with E-state index < -0.39 is 5.97 Å². The van der Waals surface area contributed by atoms with E-state index in [0.29, 0.717) is 28.1 Å². The molecular formula is C18H22N2O3S.